The SMILES string of the molecule is COc1ccc(-c2nnc(C3(C)CCC(C)(CCCC(C)O)CC3)o2)c(Cl)c1. The average molecular weight is 407 g/mol. The van der Waals surface area contributed by atoms with Crippen LogP contribution in [0.5, 0.6) is 5.75 Å². The predicted molar refractivity (Wildman–Crippen MR) is 111 cm³/mol. The largest absolute Gasteiger partial charge is 0.497 e. The normalized spacial score (nSPS) is 26.2. The first-order valence-electron chi connectivity index (χ1n) is 10.1. The quantitative estimate of drug-likeness (QED) is 0.630. The summed E-state index contributed by atoms with van der Waals surface area (Å²) in [4.78, 5) is 0. The molecule has 154 valence electrons. The summed E-state index contributed by atoms with van der Waals surface area (Å²) in [6.45, 7) is 6.45. The highest BCUT2D eigenvalue weighted by atomic mass is 35.5. The van der Waals surface area contributed by atoms with Gasteiger partial charge in [0.2, 0.25) is 11.8 Å². The second kappa shape index (κ2) is 8.42. The average Bonchev–Trinajstić information content (AvgIpc) is 3.15. The van der Waals surface area contributed by atoms with E-state index in [1.54, 1.807) is 13.2 Å². The molecule has 1 aliphatic carbocycles. The molecule has 0 radical (unpaired) electrons. The number of ether oxygens (including phenoxy) is 1. The van der Waals surface area contributed by atoms with Crippen molar-refractivity contribution < 1.29 is 14.3 Å². The standard InChI is InChI=1S/C22H31ClN2O3/c1-15(26)6-5-9-21(2)10-12-22(3,13-11-21)20-25-24-19(28-20)17-8-7-16(27-4)14-18(17)23/h7-8,14-15,26H,5-6,9-13H2,1-4H3. The molecule has 28 heavy (non-hydrogen) atoms. The Labute approximate surface area is 172 Å². The van der Waals surface area contributed by atoms with Gasteiger partial charge in [-0.15, -0.1) is 10.2 Å². The van der Waals surface area contributed by atoms with Crippen LogP contribution in [-0.2, 0) is 5.41 Å². The number of hydrogen-bond acceptors (Lipinski definition) is 5. The Morgan fingerprint density at radius 1 is 1.21 bits per heavy atom. The highest BCUT2D eigenvalue weighted by Gasteiger charge is 2.41. The van der Waals surface area contributed by atoms with Gasteiger partial charge in [0.05, 0.1) is 23.8 Å². The van der Waals surface area contributed by atoms with Gasteiger partial charge in [-0.05, 0) is 69.1 Å². The molecule has 0 aliphatic heterocycles. The minimum Gasteiger partial charge on any atom is -0.497 e. The number of nitrogens with zero attached hydrogens (tertiary/aromatic N) is 2. The van der Waals surface area contributed by atoms with Crippen molar-refractivity contribution in [1.29, 1.82) is 0 Å². The Morgan fingerprint density at radius 2 is 1.93 bits per heavy atom. The highest BCUT2D eigenvalue weighted by Crippen LogP contribution is 2.49. The lowest BCUT2D eigenvalue weighted by atomic mass is 9.63. The molecule has 1 aliphatic rings. The molecule has 1 aromatic carbocycles. The van der Waals surface area contributed by atoms with Crippen LogP contribution in [0.25, 0.3) is 11.5 Å². The molecule has 1 saturated carbocycles. The van der Waals surface area contributed by atoms with Crippen LogP contribution in [0.2, 0.25) is 5.02 Å². The predicted octanol–water partition coefficient (Wildman–Crippen LogP) is 5.79. The van der Waals surface area contributed by atoms with E-state index < -0.39 is 0 Å². The third-order valence-electron chi connectivity index (χ3n) is 6.31. The van der Waals surface area contributed by atoms with E-state index >= 15 is 0 Å². The van der Waals surface area contributed by atoms with Crippen molar-refractivity contribution in [2.24, 2.45) is 5.41 Å². The first-order valence-corrected chi connectivity index (χ1v) is 10.5. The lowest BCUT2D eigenvalue weighted by Gasteiger charge is -2.41. The van der Waals surface area contributed by atoms with Crippen LogP contribution in [0.1, 0.15) is 71.6 Å². The fraction of sp³-hybridized carbons (Fsp3) is 0.636. The van der Waals surface area contributed by atoms with Gasteiger partial charge < -0.3 is 14.3 Å². The van der Waals surface area contributed by atoms with Gasteiger partial charge in [-0.2, -0.15) is 0 Å². The number of benzene rings is 1. The van der Waals surface area contributed by atoms with Crippen molar-refractivity contribution in [1.82, 2.24) is 10.2 Å². The molecule has 1 heterocycles. The van der Waals surface area contributed by atoms with Crippen LogP contribution in [0.3, 0.4) is 0 Å². The van der Waals surface area contributed by atoms with E-state index in [0.29, 0.717) is 28.0 Å². The van der Waals surface area contributed by atoms with E-state index in [2.05, 4.69) is 24.0 Å². The van der Waals surface area contributed by atoms with Crippen molar-refractivity contribution in [2.75, 3.05) is 7.11 Å². The van der Waals surface area contributed by atoms with E-state index in [9.17, 15) is 5.11 Å². The zero-order chi connectivity index (χ0) is 20.4. The maximum Gasteiger partial charge on any atom is 0.249 e. The highest BCUT2D eigenvalue weighted by molar-refractivity contribution is 6.33. The van der Waals surface area contributed by atoms with Crippen molar-refractivity contribution >= 4 is 11.6 Å². The summed E-state index contributed by atoms with van der Waals surface area (Å²) in [5.74, 6) is 1.84. The molecule has 6 heteroatoms. The number of methoxy groups -OCH3 is 1. The molecule has 1 N–H and O–H groups in total. The molecule has 5 nitrogen and oxygen atoms in total. The lowest BCUT2D eigenvalue weighted by molar-refractivity contribution is 0.114. The van der Waals surface area contributed by atoms with Crippen LogP contribution < -0.4 is 4.74 Å². The summed E-state index contributed by atoms with van der Waals surface area (Å²) in [5.41, 5.74) is 0.952. The van der Waals surface area contributed by atoms with Gasteiger partial charge in [0.1, 0.15) is 5.75 Å². The maximum absolute atomic E-state index is 9.50. The lowest BCUT2D eigenvalue weighted by Crippen LogP contribution is -2.34. The monoisotopic (exact) mass is 406 g/mol. The minimum atomic E-state index is -0.209. The Bertz CT molecular complexity index is 795. The summed E-state index contributed by atoms with van der Waals surface area (Å²) in [5, 5.41) is 18.7. The van der Waals surface area contributed by atoms with E-state index in [0.717, 1.165) is 50.5 Å². The summed E-state index contributed by atoms with van der Waals surface area (Å²) in [6, 6.07) is 5.44. The molecule has 2 aromatic rings. The van der Waals surface area contributed by atoms with E-state index in [-0.39, 0.29) is 11.5 Å². The molecule has 1 atom stereocenters. The van der Waals surface area contributed by atoms with Crippen LogP contribution in [0, 0.1) is 5.41 Å². The van der Waals surface area contributed by atoms with Crippen LogP contribution >= 0.6 is 11.6 Å². The molecule has 0 saturated heterocycles. The smallest absolute Gasteiger partial charge is 0.249 e. The zero-order valence-corrected chi connectivity index (χ0v) is 18.1. The molecule has 1 aromatic heterocycles. The summed E-state index contributed by atoms with van der Waals surface area (Å²) in [6.07, 6.45) is 7.21. The Hall–Kier alpha value is -1.59. The van der Waals surface area contributed by atoms with E-state index in [1.165, 1.54) is 0 Å². The third-order valence-corrected chi connectivity index (χ3v) is 6.62. The first-order chi connectivity index (χ1) is 13.2. The van der Waals surface area contributed by atoms with Crippen LogP contribution in [0.15, 0.2) is 22.6 Å². The number of halogens is 1. The van der Waals surface area contributed by atoms with Crippen molar-refractivity contribution in [2.45, 2.75) is 77.2 Å². The Morgan fingerprint density at radius 3 is 2.54 bits per heavy atom. The van der Waals surface area contributed by atoms with Gasteiger partial charge in [-0.3, -0.25) is 0 Å². The van der Waals surface area contributed by atoms with Gasteiger partial charge in [-0.1, -0.05) is 31.9 Å². The number of aliphatic hydroxyl groups is 1. The molecular formula is C22H31ClN2O3. The fourth-order valence-corrected chi connectivity index (χ4v) is 4.32. The fourth-order valence-electron chi connectivity index (χ4n) is 4.07. The summed E-state index contributed by atoms with van der Waals surface area (Å²) < 4.78 is 11.3. The molecule has 1 fully saturated rings. The molecule has 1 unspecified atom stereocenters. The molecule has 0 bridgehead atoms. The van der Waals surface area contributed by atoms with Gasteiger partial charge in [-0.25, -0.2) is 0 Å². The van der Waals surface area contributed by atoms with Crippen LogP contribution in [-0.4, -0.2) is 28.5 Å². The zero-order valence-electron chi connectivity index (χ0n) is 17.3. The number of rotatable bonds is 7. The van der Waals surface area contributed by atoms with Gasteiger partial charge in [0.15, 0.2) is 0 Å². The van der Waals surface area contributed by atoms with Crippen molar-refractivity contribution in [3.05, 3.63) is 29.1 Å². The maximum atomic E-state index is 9.50. The second-order valence-corrected chi connectivity index (χ2v) is 9.28. The Kier molecular flexibility index (Phi) is 6.35. The third kappa shape index (κ3) is 4.69. The van der Waals surface area contributed by atoms with Gasteiger partial charge in [0, 0.05) is 5.41 Å². The first kappa shape index (κ1) is 21.1. The van der Waals surface area contributed by atoms with Crippen molar-refractivity contribution in [3.8, 4) is 17.2 Å². The van der Waals surface area contributed by atoms with Gasteiger partial charge >= 0.3 is 0 Å². The van der Waals surface area contributed by atoms with E-state index in [4.69, 9.17) is 20.8 Å². The van der Waals surface area contributed by atoms with E-state index in [1.807, 2.05) is 19.1 Å². The molecular weight excluding hydrogens is 376 g/mol. The molecule has 3 rings (SSSR count). The topological polar surface area (TPSA) is 68.4 Å². The number of aromatic nitrogens is 2. The number of aliphatic hydroxyl groups excluding tert-OH is 1. The Balaban J connectivity index is 1.68. The number of hydrogen-bond donors (Lipinski definition) is 1. The molecule has 0 spiro atoms. The second-order valence-electron chi connectivity index (χ2n) is 8.87. The molecule has 0 amide bonds. The summed E-state index contributed by atoms with van der Waals surface area (Å²) in [7, 11) is 1.61. The van der Waals surface area contributed by atoms with Crippen LogP contribution in [0.4, 0.5) is 0 Å². The van der Waals surface area contributed by atoms with Gasteiger partial charge in [0.25, 0.3) is 0 Å². The summed E-state index contributed by atoms with van der Waals surface area (Å²) >= 11 is 6.35. The minimum absolute atomic E-state index is 0.103. The van der Waals surface area contributed by atoms with Crippen molar-refractivity contribution in [3.63, 3.8) is 0 Å².